The van der Waals surface area contributed by atoms with Gasteiger partial charge in [0.1, 0.15) is 5.75 Å². The number of phenols is 1. The average molecular weight is 324 g/mol. The summed E-state index contributed by atoms with van der Waals surface area (Å²) < 4.78 is 12.9. The van der Waals surface area contributed by atoms with Crippen LogP contribution in [0.25, 0.3) is 0 Å². The third-order valence-corrected chi connectivity index (χ3v) is 7.66. The molecule has 0 aliphatic rings. The topological polar surface area (TPSA) is 37.3 Å². The van der Waals surface area contributed by atoms with Crippen LogP contribution >= 0.6 is 7.14 Å². The van der Waals surface area contributed by atoms with Gasteiger partial charge in [-0.25, -0.2) is 0 Å². The number of rotatable bonds is 4. The molecule has 0 bridgehead atoms. The molecule has 1 N–H and O–H groups in total. The Labute approximate surface area is 136 Å². The summed E-state index contributed by atoms with van der Waals surface area (Å²) in [5, 5.41) is 10.7. The van der Waals surface area contributed by atoms with Gasteiger partial charge in [0, 0.05) is 6.16 Å². The molecule has 0 aromatic heterocycles. The molecule has 22 heavy (non-hydrogen) atoms. The van der Waals surface area contributed by atoms with E-state index in [-0.39, 0.29) is 10.8 Å². The highest BCUT2D eigenvalue weighted by Gasteiger charge is 2.28. The average Bonchev–Trinajstić information content (AvgIpc) is 2.37. The second-order valence-electron chi connectivity index (χ2n) is 8.39. The van der Waals surface area contributed by atoms with E-state index in [0.29, 0.717) is 11.9 Å². The zero-order valence-corrected chi connectivity index (χ0v) is 16.5. The number of hydrogen-bond acceptors (Lipinski definition) is 2. The normalized spacial score (nSPS) is 13.5. The van der Waals surface area contributed by atoms with Crippen LogP contribution in [0.3, 0.4) is 0 Å². The first kappa shape index (κ1) is 19.3. The minimum atomic E-state index is -2.14. The third-order valence-electron chi connectivity index (χ3n) is 4.41. The highest BCUT2D eigenvalue weighted by molar-refractivity contribution is 7.63. The molecule has 0 amide bonds. The predicted octanol–water partition coefficient (Wildman–Crippen LogP) is 5.89. The van der Waals surface area contributed by atoms with Gasteiger partial charge in [-0.2, -0.15) is 0 Å². The fraction of sp³-hybridized carbons (Fsp3) is 0.684. The van der Waals surface area contributed by atoms with Gasteiger partial charge < -0.3 is 9.67 Å². The van der Waals surface area contributed by atoms with Crippen molar-refractivity contribution in [3.05, 3.63) is 28.8 Å². The summed E-state index contributed by atoms with van der Waals surface area (Å²) in [4.78, 5) is 0. The molecule has 2 nitrogen and oxygen atoms in total. The van der Waals surface area contributed by atoms with Crippen molar-refractivity contribution in [2.24, 2.45) is 0 Å². The Hall–Kier alpha value is -0.750. The Morgan fingerprint density at radius 1 is 0.909 bits per heavy atom. The summed E-state index contributed by atoms with van der Waals surface area (Å²) in [7, 11) is -2.14. The van der Waals surface area contributed by atoms with E-state index in [4.69, 9.17) is 0 Å². The fourth-order valence-electron chi connectivity index (χ4n) is 2.71. The molecule has 0 atom stereocenters. The lowest BCUT2D eigenvalue weighted by Gasteiger charge is -2.29. The molecule has 0 radical (unpaired) electrons. The number of benzene rings is 1. The first-order valence-electron chi connectivity index (χ1n) is 8.28. The lowest BCUT2D eigenvalue weighted by molar-refractivity contribution is 0.423. The maximum atomic E-state index is 12.9. The molecule has 0 spiro atoms. The van der Waals surface area contributed by atoms with Crippen LogP contribution in [-0.4, -0.2) is 17.4 Å². The summed E-state index contributed by atoms with van der Waals surface area (Å²) >= 11 is 0. The first-order valence-corrected chi connectivity index (χ1v) is 10.5. The Kier molecular flexibility index (Phi) is 5.61. The Morgan fingerprint density at radius 3 is 1.55 bits per heavy atom. The van der Waals surface area contributed by atoms with Crippen LogP contribution in [0.15, 0.2) is 12.1 Å². The highest BCUT2D eigenvalue weighted by Crippen LogP contribution is 2.50. The molecule has 0 saturated carbocycles. The highest BCUT2D eigenvalue weighted by atomic mass is 31.2. The zero-order chi connectivity index (χ0) is 17.3. The van der Waals surface area contributed by atoms with E-state index in [1.807, 2.05) is 13.8 Å². The first-order chi connectivity index (χ1) is 9.84. The predicted molar refractivity (Wildman–Crippen MR) is 97.9 cm³/mol. The lowest BCUT2D eigenvalue weighted by atomic mass is 9.78. The van der Waals surface area contributed by atoms with E-state index < -0.39 is 7.14 Å². The fourth-order valence-corrected chi connectivity index (χ4v) is 4.45. The van der Waals surface area contributed by atoms with Gasteiger partial charge in [0.25, 0.3) is 0 Å². The van der Waals surface area contributed by atoms with Crippen molar-refractivity contribution in [1.29, 1.82) is 0 Å². The molecule has 0 unspecified atom stereocenters. The number of aromatic hydroxyl groups is 1. The van der Waals surface area contributed by atoms with Crippen LogP contribution in [0, 0.1) is 0 Å². The largest absolute Gasteiger partial charge is 0.507 e. The Morgan fingerprint density at radius 2 is 1.27 bits per heavy atom. The summed E-state index contributed by atoms with van der Waals surface area (Å²) in [6, 6.07) is 4.12. The van der Waals surface area contributed by atoms with Gasteiger partial charge in [-0.05, 0) is 39.8 Å². The molecule has 0 aliphatic heterocycles. The van der Waals surface area contributed by atoms with Crippen molar-refractivity contribution >= 4 is 7.14 Å². The Balaban J connectivity index is 3.52. The molecule has 1 rings (SSSR count). The molecular formula is C19H33O2P. The van der Waals surface area contributed by atoms with Crippen LogP contribution in [-0.2, 0) is 21.6 Å². The second kappa shape index (κ2) is 6.40. The Bertz CT molecular complexity index is 531. The third kappa shape index (κ3) is 4.38. The van der Waals surface area contributed by atoms with Crippen molar-refractivity contribution in [3.63, 3.8) is 0 Å². The molecule has 3 heteroatoms. The van der Waals surface area contributed by atoms with Gasteiger partial charge >= 0.3 is 0 Å². The monoisotopic (exact) mass is 324 g/mol. The summed E-state index contributed by atoms with van der Waals surface area (Å²) in [6.07, 6.45) is 2.10. The van der Waals surface area contributed by atoms with Gasteiger partial charge in [0.2, 0.25) is 0 Å². The maximum absolute atomic E-state index is 12.9. The molecule has 1 aromatic rings. The van der Waals surface area contributed by atoms with Crippen LogP contribution in [0.4, 0.5) is 0 Å². The molecule has 1 aromatic carbocycles. The molecule has 0 fully saturated rings. The summed E-state index contributed by atoms with van der Waals surface area (Å²) in [6.45, 7) is 16.7. The minimum absolute atomic E-state index is 0.136. The van der Waals surface area contributed by atoms with Crippen molar-refractivity contribution in [2.75, 3.05) is 12.3 Å². The van der Waals surface area contributed by atoms with E-state index in [0.717, 1.165) is 29.0 Å². The molecule has 0 aliphatic carbocycles. The van der Waals surface area contributed by atoms with E-state index in [1.54, 1.807) is 0 Å². The van der Waals surface area contributed by atoms with E-state index >= 15 is 0 Å². The quantitative estimate of drug-likeness (QED) is 0.701. The summed E-state index contributed by atoms with van der Waals surface area (Å²) in [5.74, 6) is 0.395. The van der Waals surface area contributed by atoms with Gasteiger partial charge in [-0.15, -0.1) is 0 Å². The van der Waals surface area contributed by atoms with Gasteiger partial charge in [-0.3, -0.25) is 0 Å². The SMILES string of the molecule is CCP(=O)(CC)Cc1cc(C(C)(C)C)c(O)c(C(C)(C)C)c1. The van der Waals surface area contributed by atoms with Gasteiger partial charge in [0.15, 0.2) is 0 Å². The van der Waals surface area contributed by atoms with Crippen LogP contribution in [0.5, 0.6) is 5.75 Å². The van der Waals surface area contributed by atoms with Crippen molar-refractivity contribution < 1.29 is 9.67 Å². The van der Waals surface area contributed by atoms with Crippen LogP contribution in [0.2, 0.25) is 0 Å². The minimum Gasteiger partial charge on any atom is -0.507 e. The van der Waals surface area contributed by atoms with Crippen molar-refractivity contribution in [3.8, 4) is 5.75 Å². The van der Waals surface area contributed by atoms with Crippen molar-refractivity contribution in [1.82, 2.24) is 0 Å². The lowest BCUT2D eigenvalue weighted by Crippen LogP contribution is -2.18. The maximum Gasteiger partial charge on any atom is 0.123 e. The van der Waals surface area contributed by atoms with E-state index in [1.165, 1.54) is 0 Å². The number of phenolic OH excluding ortho intramolecular Hbond substituents is 1. The van der Waals surface area contributed by atoms with Gasteiger partial charge in [-0.1, -0.05) is 67.5 Å². The van der Waals surface area contributed by atoms with Crippen LogP contribution < -0.4 is 0 Å². The zero-order valence-electron chi connectivity index (χ0n) is 15.6. The smallest absolute Gasteiger partial charge is 0.123 e. The number of hydrogen-bond donors (Lipinski definition) is 1. The van der Waals surface area contributed by atoms with Gasteiger partial charge in [0.05, 0.1) is 7.14 Å². The van der Waals surface area contributed by atoms with E-state index in [9.17, 15) is 9.67 Å². The standard InChI is InChI=1S/C19H33O2P/c1-9-22(21,10-2)13-14-11-15(18(3,4)5)17(20)16(12-14)19(6,7)8/h11-12,20H,9-10,13H2,1-8H3. The van der Waals surface area contributed by atoms with Crippen LogP contribution in [0.1, 0.15) is 72.1 Å². The second-order valence-corrected chi connectivity index (χ2v) is 12.1. The van der Waals surface area contributed by atoms with Crippen molar-refractivity contribution in [2.45, 2.75) is 72.4 Å². The van der Waals surface area contributed by atoms with E-state index in [2.05, 4.69) is 53.7 Å². The molecule has 126 valence electrons. The molecule has 0 saturated heterocycles. The molecule has 0 heterocycles. The molecular weight excluding hydrogens is 291 g/mol. The summed E-state index contributed by atoms with van der Waals surface area (Å²) in [5.41, 5.74) is 2.73.